The second kappa shape index (κ2) is 7.58. The van der Waals surface area contributed by atoms with Crippen molar-refractivity contribution in [1.29, 1.82) is 0 Å². The molecule has 1 aliphatic heterocycles. The van der Waals surface area contributed by atoms with Crippen LogP contribution in [-0.2, 0) is 19.0 Å². The Hall–Kier alpha value is -2.76. The third kappa shape index (κ3) is 4.02. The van der Waals surface area contributed by atoms with E-state index in [-0.39, 0.29) is 24.1 Å². The van der Waals surface area contributed by atoms with Gasteiger partial charge < -0.3 is 14.2 Å². The summed E-state index contributed by atoms with van der Waals surface area (Å²) in [7, 11) is 0. The lowest BCUT2D eigenvalue weighted by Crippen LogP contribution is -2.26. The molecule has 0 spiro atoms. The van der Waals surface area contributed by atoms with Gasteiger partial charge in [0, 0.05) is 10.8 Å². The number of fused-ring (bicyclic) bond motifs is 2. The highest BCUT2D eigenvalue weighted by molar-refractivity contribution is 5.94. The van der Waals surface area contributed by atoms with Crippen LogP contribution in [0, 0.1) is 0 Å². The van der Waals surface area contributed by atoms with Crippen molar-refractivity contribution in [2.24, 2.45) is 0 Å². The van der Waals surface area contributed by atoms with Crippen LogP contribution < -0.4 is 5.43 Å². The fourth-order valence-corrected chi connectivity index (χ4v) is 3.65. The smallest absolute Gasteiger partial charge is 0.313 e. The van der Waals surface area contributed by atoms with Gasteiger partial charge in [-0.2, -0.15) is 0 Å². The van der Waals surface area contributed by atoms with E-state index < -0.39 is 11.7 Å². The first-order valence-corrected chi connectivity index (χ1v) is 9.78. The van der Waals surface area contributed by atoms with Crippen molar-refractivity contribution in [3.8, 4) is 0 Å². The van der Waals surface area contributed by atoms with E-state index in [1.807, 2.05) is 62.4 Å². The molecule has 0 radical (unpaired) electrons. The molecule has 1 heterocycles. The van der Waals surface area contributed by atoms with Crippen LogP contribution in [0.1, 0.15) is 32.3 Å². The molecule has 1 saturated heterocycles. The molecule has 2 atom stereocenters. The van der Waals surface area contributed by atoms with Crippen LogP contribution in [0.4, 0.5) is 0 Å². The van der Waals surface area contributed by atoms with Crippen LogP contribution in [-0.4, -0.2) is 31.1 Å². The summed E-state index contributed by atoms with van der Waals surface area (Å²) >= 11 is 0. The first-order valence-electron chi connectivity index (χ1n) is 9.78. The summed E-state index contributed by atoms with van der Waals surface area (Å²) in [5.74, 6) is -1.42. The third-order valence-corrected chi connectivity index (χ3v) is 5.30. The largest absolute Gasteiger partial charge is 0.462 e. The van der Waals surface area contributed by atoms with E-state index >= 15 is 0 Å². The summed E-state index contributed by atoms with van der Waals surface area (Å²) < 4.78 is 16.6. The van der Waals surface area contributed by atoms with Crippen molar-refractivity contribution >= 4 is 27.5 Å². The Morgan fingerprint density at radius 2 is 1.83 bits per heavy atom. The number of carbonyl (C=O) groups excluding carboxylic acids is 1. The SMILES string of the molecule is CC(C(=O)OCC1COC(C)(C)O1)c1ccc2c(=O)c3ccccc3ccc2c1. The summed E-state index contributed by atoms with van der Waals surface area (Å²) in [5, 5.41) is 3.01. The zero-order valence-corrected chi connectivity index (χ0v) is 16.8. The molecule has 29 heavy (non-hydrogen) atoms. The average molecular weight is 392 g/mol. The third-order valence-electron chi connectivity index (χ3n) is 5.30. The number of hydrogen-bond donors (Lipinski definition) is 0. The van der Waals surface area contributed by atoms with Crippen LogP contribution >= 0.6 is 0 Å². The quantitative estimate of drug-likeness (QED) is 0.624. The summed E-state index contributed by atoms with van der Waals surface area (Å²) in [6.07, 6.45) is -0.257. The molecule has 0 amide bonds. The highest BCUT2D eigenvalue weighted by Gasteiger charge is 2.33. The van der Waals surface area contributed by atoms with E-state index in [1.54, 1.807) is 13.0 Å². The van der Waals surface area contributed by atoms with E-state index in [9.17, 15) is 9.59 Å². The summed E-state index contributed by atoms with van der Waals surface area (Å²) in [6.45, 7) is 6.03. The van der Waals surface area contributed by atoms with Gasteiger partial charge in [0.1, 0.15) is 12.7 Å². The Bertz CT molecular complexity index is 1130. The van der Waals surface area contributed by atoms with Gasteiger partial charge in [-0.3, -0.25) is 9.59 Å². The minimum Gasteiger partial charge on any atom is -0.462 e. The predicted octanol–water partition coefficient (Wildman–Crippen LogP) is 4.15. The molecule has 150 valence electrons. The van der Waals surface area contributed by atoms with Gasteiger partial charge in [-0.1, -0.05) is 54.6 Å². The number of esters is 1. The lowest BCUT2D eigenvalue weighted by Gasteiger charge is -2.18. The van der Waals surface area contributed by atoms with Crippen molar-refractivity contribution in [3.05, 3.63) is 70.4 Å². The number of carbonyl (C=O) groups is 1. The zero-order valence-electron chi connectivity index (χ0n) is 16.8. The van der Waals surface area contributed by atoms with Crippen LogP contribution in [0.25, 0.3) is 21.5 Å². The van der Waals surface area contributed by atoms with Gasteiger partial charge in [0.05, 0.1) is 12.5 Å². The molecule has 5 heteroatoms. The lowest BCUT2D eigenvalue weighted by atomic mass is 9.98. The van der Waals surface area contributed by atoms with Gasteiger partial charge in [0.25, 0.3) is 0 Å². The second-order valence-electron chi connectivity index (χ2n) is 7.90. The van der Waals surface area contributed by atoms with E-state index in [4.69, 9.17) is 14.2 Å². The van der Waals surface area contributed by atoms with Crippen molar-refractivity contribution in [2.75, 3.05) is 13.2 Å². The highest BCUT2D eigenvalue weighted by Crippen LogP contribution is 2.25. The lowest BCUT2D eigenvalue weighted by molar-refractivity contribution is -0.159. The number of benzene rings is 2. The Kier molecular flexibility index (Phi) is 5.11. The Balaban J connectivity index is 1.56. The fraction of sp³-hybridized carbons (Fsp3) is 0.333. The van der Waals surface area contributed by atoms with Gasteiger partial charge in [-0.05, 0) is 37.1 Å². The maximum absolute atomic E-state index is 12.9. The molecule has 0 aliphatic carbocycles. The van der Waals surface area contributed by atoms with Crippen LogP contribution in [0.2, 0.25) is 0 Å². The molecular formula is C24H24O5. The minimum absolute atomic E-state index is 0.0108. The van der Waals surface area contributed by atoms with E-state index in [0.29, 0.717) is 17.4 Å². The van der Waals surface area contributed by atoms with Gasteiger partial charge in [-0.25, -0.2) is 0 Å². The standard InChI is InChI=1S/C24H24O5/c1-15(23(26)27-13-19-14-28-24(2,3)29-19)17-10-11-21-18(12-17)9-8-16-6-4-5-7-20(16)22(21)25/h4-12,15,19H,13-14H2,1-3H3. The van der Waals surface area contributed by atoms with Crippen LogP contribution in [0.3, 0.4) is 0 Å². The van der Waals surface area contributed by atoms with Crippen molar-refractivity contribution in [3.63, 3.8) is 0 Å². The molecule has 3 aromatic rings. The molecule has 0 saturated carbocycles. The molecule has 4 rings (SSSR count). The fourth-order valence-electron chi connectivity index (χ4n) is 3.65. The second-order valence-corrected chi connectivity index (χ2v) is 7.90. The molecule has 0 aromatic heterocycles. The first-order chi connectivity index (χ1) is 13.8. The molecule has 0 N–H and O–H groups in total. The van der Waals surface area contributed by atoms with Crippen molar-refractivity contribution < 1.29 is 19.0 Å². The molecule has 1 fully saturated rings. The zero-order chi connectivity index (χ0) is 20.6. The molecule has 1 aliphatic rings. The van der Waals surface area contributed by atoms with Crippen LogP contribution in [0.5, 0.6) is 0 Å². The average Bonchev–Trinajstić information content (AvgIpc) is 3.00. The summed E-state index contributed by atoms with van der Waals surface area (Å²) in [4.78, 5) is 25.4. The predicted molar refractivity (Wildman–Crippen MR) is 112 cm³/mol. The Morgan fingerprint density at radius 1 is 1.10 bits per heavy atom. The summed E-state index contributed by atoms with van der Waals surface area (Å²) in [5.41, 5.74) is 0.796. The minimum atomic E-state index is -0.643. The maximum atomic E-state index is 12.9. The van der Waals surface area contributed by atoms with Gasteiger partial charge in [-0.15, -0.1) is 0 Å². The van der Waals surface area contributed by atoms with E-state index in [1.165, 1.54) is 0 Å². The Morgan fingerprint density at radius 3 is 2.59 bits per heavy atom. The van der Waals surface area contributed by atoms with Gasteiger partial charge >= 0.3 is 5.97 Å². The van der Waals surface area contributed by atoms with Crippen molar-refractivity contribution in [2.45, 2.75) is 38.6 Å². The van der Waals surface area contributed by atoms with Crippen molar-refractivity contribution in [1.82, 2.24) is 0 Å². The first kappa shape index (κ1) is 19.6. The number of hydrogen-bond acceptors (Lipinski definition) is 5. The molecular weight excluding hydrogens is 368 g/mol. The topological polar surface area (TPSA) is 61.8 Å². The number of rotatable bonds is 4. The monoisotopic (exact) mass is 392 g/mol. The summed E-state index contributed by atoms with van der Waals surface area (Å²) in [6, 6.07) is 16.9. The molecule has 3 aromatic carbocycles. The molecule has 0 bridgehead atoms. The number of ether oxygens (including phenoxy) is 3. The molecule has 5 nitrogen and oxygen atoms in total. The van der Waals surface area contributed by atoms with Gasteiger partial charge in [0.2, 0.25) is 0 Å². The van der Waals surface area contributed by atoms with E-state index in [2.05, 4.69) is 0 Å². The van der Waals surface area contributed by atoms with Gasteiger partial charge in [0.15, 0.2) is 11.2 Å². The highest BCUT2D eigenvalue weighted by atomic mass is 16.7. The normalized spacial score (nSPS) is 19.3. The van der Waals surface area contributed by atoms with Crippen LogP contribution in [0.15, 0.2) is 59.4 Å². The Labute approximate surface area is 169 Å². The van der Waals surface area contributed by atoms with E-state index in [0.717, 1.165) is 16.3 Å². The molecule has 2 unspecified atom stereocenters. The maximum Gasteiger partial charge on any atom is 0.313 e.